The number of methoxy groups -OCH3 is 1. The van der Waals surface area contributed by atoms with Crippen LogP contribution in [0.1, 0.15) is 52.9 Å². The van der Waals surface area contributed by atoms with Crippen molar-refractivity contribution in [3.05, 3.63) is 12.7 Å². The Kier molecular flexibility index (Phi) is 8.58. The quantitative estimate of drug-likeness (QED) is 0.455. The molecule has 1 N–H and O–H groups in total. The maximum atomic E-state index is 5.69. The SMILES string of the molecule is C=CCCCC(NCCC)C(C)(CC)OC. The van der Waals surface area contributed by atoms with E-state index in [1.54, 1.807) is 0 Å². The summed E-state index contributed by atoms with van der Waals surface area (Å²) in [4.78, 5) is 0. The van der Waals surface area contributed by atoms with E-state index in [0.717, 1.165) is 25.8 Å². The minimum absolute atomic E-state index is 0.0453. The summed E-state index contributed by atoms with van der Waals surface area (Å²) in [6.07, 6.45) is 7.63. The summed E-state index contributed by atoms with van der Waals surface area (Å²) in [6, 6.07) is 0.447. The van der Waals surface area contributed by atoms with Gasteiger partial charge < -0.3 is 10.1 Å². The zero-order valence-corrected chi connectivity index (χ0v) is 11.5. The molecule has 0 aliphatic heterocycles. The molecular weight excluding hydrogens is 198 g/mol. The summed E-state index contributed by atoms with van der Waals surface area (Å²) in [5, 5.41) is 3.61. The van der Waals surface area contributed by atoms with Crippen molar-refractivity contribution in [1.82, 2.24) is 5.32 Å². The van der Waals surface area contributed by atoms with Crippen LogP contribution in [-0.2, 0) is 4.74 Å². The predicted molar refractivity (Wildman–Crippen MR) is 71.8 cm³/mol. The van der Waals surface area contributed by atoms with Crippen molar-refractivity contribution in [2.75, 3.05) is 13.7 Å². The third-order valence-electron chi connectivity index (χ3n) is 3.45. The highest BCUT2D eigenvalue weighted by molar-refractivity contribution is 4.88. The number of hydrogen-bond donors (Lipinski definition) is 1. The molecule has 2 nitrogen and oxygen atoms in total. The molecule has 0 aliphatic rings. The standard InChI is InChI=1S/C14H29NO/c1-6-9-10-11-13(15-12-7-2)14(4,8-3)16-5/h6,13,15H,1,7-12H2,2-5H3. The van der Waals surface area contributed by atoms with E-state index in [1.807, 2.05) is 13.2 Å². The van der Waals surface area contributed by atoms with E-state index in [9.17, 15) is 0 Å². The molecule has 0 radical (unpaired) electrons. The van der Waals surface area contributed by atoms with E-state index >= 15 is 0 Å². The minimum Gasteiger partial charge on any atom is -0.377 e. The molecule has 0 aromatic carbocycles. The number of unbranched alkanes of at least 4 members (excludes halogenated alkanes) is 1. The average molecular weight is 227 g/mol. The molecule has 0 saturated carbocycles. The fourth-order valence-electron chi connectivity index (χ4n) is 1.94. The first-order valence-electron chi connectivity index (χ1n) is 6.54. The molecule has 2 unspecified atom stereocenters. The highest BCUT2D eigenvalue weighted by Gasteiger charge is 2.31. The van der Waals surface area contributed by atoms with Crippen molar-refractivity contribution < 1.29 is 4.74 Å². The molecule has 0 spiro atoms. The summed E-state index contributed by atoms with van der Waals surface area (Å²) in [6.45, 7) is 11.4. The van der Waals surface area contributed by atoms with Gasteiger partial charge in [0.2, 0.25) is 0 Å². The smallest absolute Gasteiger partial charge is 0.0800 e. The second-order valence-electron chi connectivity index (χ2n) is 4.60. The molecule has 16 heavy (non-hydrogen) atoms. The Hall–Kier alpha value is -0.340. The lowest BCUT2D eigenvalue weighted by molar-refractivity contribution is -0.0314. The van der Waals surface area contributed by atoms with E-state index in [2.05, 4.69) is 32.7 Å². The molecular formula is C14H29NO. The molecule has 0 saturated heterocycles. The Morgan fingerprint density at radius 1 is 1.44 bits per heavy atom. The second-order valence-corrected chi connectivity index (χ2v) is 4.60. The topological polar surface area (TPSA) is 21.3 Å². The van der Waals surface area contributed by atoms with Gasteiger partial charge in [-0.15, -0.1) is 6.58 Å². The van der Waals surface area contributed by atoms with Gasteiger partial charge in [0.05, 0.1) is 5.60 Å². The third-order valence-corrected chi connectivity index (χ3v) is 3.45. The Balaban J connectivity index is 4.31. The first kappa shape index (κ1) is 15.7. The lowest BCUT2D eigenvalue weighted by atomic mass is 9.89. The van der Waals surface area contributed by atoms with E-state index in [1.165, 1.54) is 12.8 Å². The molecule has 0 bridgehead atoms. The van der Waals surface area contributed by atoms with E-state index in [-0.39, 0.29) is 5.60 Å². The minimum atomic E-state index is -0.0453. The lowest BCUT2D eigenvalue weighted by Crippen LogP contribution is -2.50. The zero-order chi connectivity index (χ0) is 12.4. The van der Waals surface area contributed by atoms with Gasteiger partial charge in [-0.1, -0.05) is 19.9 Å². The van der Waals surface area contributed by atoms with Crippen LogP contribution in [0.15, 0.2) is 12.7 Å². The Bertz CT molecular complexity index is 176. The van der Waals surface area contributed by atoms with Gasteiger partial charge in [-0.05, 0) is 45.6 Å². The van der Waals surface area contributed by atoms with Gasteiger partial charge in [0.25, 0.3) is 0 Å². The van der Waals surface area contributed by atoms with Crippen molar-refractivity contribution >= 4 is 0 Å². The van der Waals surface area contributed by atoms with Gasteiger partial charge in [0.15, 0.2) is 0 Å². The summed E-state index contributed by atoms with van der Waals surface area (Å²) in [5.41, 5.74) is -0.0453. The van der Waals surface area contributed by atoms with Crippen LogP contribution in [0, 0.1) is 0 Å². The number of nitrogens with one attached hydrogen (secondary N) is 1. The van der Waals surface area contributed by atoms with Gasteiger partial charge in [0, 0.05) is 13.2 Å². The zero-order valence-electron chi connectivity index (χ0n) is 11.5. The van der Waals surface area contributed by atoms with Crippen LogP contribution in [-0.4, -0.2) is 25.3 Å². The molecule has 0 aromatic rings. The van der Waals surface area contributed by atoms with E-state index in [4.69, 9.17) is 4.74 Å². The molecule has 0 aliphatic carbocycles. The Labute approximate surface area is 101 Å². The largest absolute Gasteiger partial charge is 0.377 e. The van der Waals surface area contributed by atoms with Crippen molar-refractivity contribution in [3.63, 3.8) is 0 Å². The molecule has 0 amide bonds. The summed E-state index contributed by atoms with van der Waals surface area (Å²) in [7, 11) is 1.82. The summed E-state index contributed by atoms with van der Waals surface area (Å²) in [5.74, 6) is 0. The van der Waals surface area contributed by atoms with Crippen molar-refractivity contribution in [3.8, 4) is 0 Å². The maximum absolute atomic E-state index is 5.69. The van der Waals surface area contributed by atoms with Crippen LogP contribution < -0.4 is 5.32 Å². The first-order valence-corrected chi connectivity index (χ1v) is 6.54. The average Bonchev–Trinajstić information content (AvgIpc) is 2.32. The third kappa shape index (κ3) is 5.13. The van der Waals surface area contributed by atoms with Crippen LogP contribution >= 0.6 is 0 Å². The molecule has 2 atom stereocenters. The van der Waals surface area contributed by atoms with E-state index < -0.39 is 0 Å². The molecule has 2 heteroatoms. The second kappa shape index (κ2) is 8.77. The fourth-order valence-corrected chi connectivity index (χ4v) is 1.94. The van der Waals surface area contributed by atoms with Gasteiger partial charge in [-0.2, -0.15) is 0 Å². The Morgan fingerprint density at radius 2 is 2.12 bits per heavy atom. The highest BCUT2D eigenvalue weighted by Crippen LogP contribution is 2.23. The molecule has 0 fully saturated rings. The number of hydrogen-bond acceptors (Lipinski definition) is 2. The summed E-state index contributed by atoms with van der Waals surface area (Å²) < 4.78 is 5.69. The Morgan fingerprint density at radius 3 is 2.56 bits per heavy atom. The van der Waals surface area contributed by atoms with Crippen LogP contribution in [0.25, 0.3) is 0 Å². The van der Waals surface area contributed by atoms with Gasteiger partial charge >= 0.3 is 0 Å². The highest BCUT2D eigenvalue weighted by atomic mass is 16.5. The normalized spacial score (nSPS) is 16.8. The maximum Gasteiger partial charge on any atom is 0.0800 e. The number of rotatable bonds is 10. The van der Waals surface area contributed by atoms with Crippen molar-refractivity contribution in [2.45, 2.75) is 64.5 Å². The first-order chi connectivity index (χ1) is 7.64. The van der Waals surface area contributed by atoms with E-state index in [0.29, 0.717) is 6.04 Å². The van der Waals surface area contributed by atoms with Gasteiger partial charge in [0.1, 0.15) is 0 Å². The number of allylic oxidation sites excluding steroid dienone is 1. The predicted octanol–water partition coefficient (Wildman–Crippen LogP) is 3.53. The lowest BCUT2D eigenvalue weighted by Gasteiger charge is -2.36. The molecule has 96 valence electrons. The van der Waals surface area contributed by atoms with Crippen LogP contribution in [0.2, 0.25) is 0 Å². The monoisotopic (exact) mass is 227 g/mol. The molecule has 0 rings (SSSR count). The van der Waals surface area contributed by atoms with Gasteiger partial charge in [-0.3, -0.25) is 0 Å². The van der Waals surface area contributed by atoms with Gasteiger partial charge in [-0.25, -0.2) is 0 Å². The van der Waals surface area contributed by atoms with Crippen molar-refractivity contribution in [2.24, 2.45) is 0 Å². The van der Waals surface area contributed by atoms with Crippen LogP contribution in [0.4, 0.5) is 0 Å². The summed E-state index contributed by atoms with van der Waals surface area (Å²) >= 11 is 0. The van der Waals surface area contributed by atoms with Crippen molar-refractivity contribution in [1.29, 1.82) is 0 Å². The molecule has 0 heterocycles. The fraction of sp³-hybridized carbons (Fsp3) is 0.857. The van der Waals surface area contributed by atoms with Crippen LogP contribution in [0.3, 0.4) is 0 Å². The number of ether oxygens (including phenoxy) is 1. The molecule has 0 aromatic heterocycles. The van der Waals surface area contributed by atoms with Crippen LogP contribution in [0.5, 0.6) is 0 Å².